The number of hydrogen-bond acceptors (Lipinski definition) is 4. The second-order valence-corrected chi connectivity index (χ2v) is 4.91. The Morgan fingerprint density at radius 1 is 1.25 bits per heavy atom. The fraction of sp³-hybridized carbons (Fsp3) is 0.692. The third kappa shape index (κ3) is 4.86. The van der Waals surface area contributed by atoms with Crippen LogP contribution in [0.2, 0.25) is 0 Å². The van der Waals surface area contributed by atoms with Crippen LogP contribution in [-0.2, 0) is 6.18 Å². The summed E-state index contributed by atoms with van der Waals surface area (Å²) in [5.41, 5.74) is 0. The minimum absolute atomic E-state index is 0.0628. The average molecular weight is 291 g/mol. The van der Waals surface area contributed by atoms with E-state index in [4.69, 9.17) is 4.74 Å². The van der Waals surface area contributed by atoms with Crippen LogP contribution in [0.4, 0.5) is 19.0 Å². The van der Waals surface area contributed by atoms with Gasteiger partial charge < -0.3 is 10.1 Å². The highest BCUT2D eigenvalue weighted by Gasteiger charge is 2.35. The highest BCUT2D eigenvalue weighted by atomic mass is 19.4. The minimum atomic E-state index is -4.59. The Morgan fingerprint density at radius 3 is 2.40 bits per heavy atom. The van der Waals surface area contributed by atoms with Crippen LogP contribution in [0.5, 0.6) is 5.88 Å². The number of halogens is 3. The van der Waals surface area contributed by atoms with Crippen molar-refractivity contribution >= 4 is 5.82 Å². The van der Waals surface area contributed by atoms with Crippen molar-refractivity contribution in [1.82, 2.24) is 9.97 Å². The molecule has 0 bridgehead atoms. The fourth-order valence-electron chi connectivity index (χ4n) is 1.28. The predicted octanol–water partition coefficient (Wildman–Crippen LogP) is 3.74. The molecule has 0 spiro atoms. The number of aromatic nitrogens is 2. The molecule has 0 fully saturated rings. The summed E-state index contributed by atoms with van der Waals surface area (Å²) in [5.74, 6) is -0.955. The number of hydrogen-bond donors (Lipinski definition) is 1. The first kappa shape index (κ1) is 16.5. The van der Waals surface area contributed by atoms with E-state index in [9.17, 15) is 13.2 Å². The van der Waals surface area contributed by atoms with E-state index < -0.39 is 12.0 Å². The lowest BCUT2D eigenvalue weighted by atomic mass is 10.1. The van der Waals surface area contributed by atoms with Gasteiger partial charge in [0.1, 0.15) is 5.82 Å². The fourth-order valence-corrected chi connectivity index (χ4v) is 1.28. The molecule has 20 heavy (non-hydrogen) atoms. The van der Waals surface area contributed by atoms with Crippen LogP contribution < -0.4 is 10.1 Å². The second-order valence-electron chi connectivity index (χ2n) is 4.91. The zero-order valence-electron chi connectivity index (χ0n) is 12.1. The first-order chi connectivity index (χ1) is 9.24. The largest absolute Gasteiger partial charge is 0.474 e. The maximum absolute atomic E-state index is 12.8. The molecule has 1 aromatic heterocycles. The number of anilines is 1. The third-order valence-electron chi connectivity index (χ3n) is 2.76. The summed E-state index contributed by atoms with van der Waals surface area (Å²) < 4.78 is 43.7. The van der Waals surface area contributed by atoms with E-state index in [0.29, 0.717) is 6.54 Å². The lowest BCUT2D eigenvalue weighted by Crippen LogP contribution is -2.21. The summed E-state index contributed by atoms with van der Waals surface area (Å²) in [4.78, 5) is 6.90. The maximum atomic E-state index is 12.8. The van der Waals surface area contributed by atoms with E-state index in [1.165, 1.54) is 6.07 Å². The number of nitrogens with zero attached hydrogens (tertiary/aromatic N) is 2. The van der Waals surface area contributed by atoms with Gasteiger partial charge in [0, 0.05) is 12.6 Å². The molecule has 0 aliphatic heterocycles. The highest BCUT2D eigenvalue weighted by Crippen LogP contribution is 2.29. The zero-order valence-corrected chi connectivity index (χ0v) is 12.1. The van der Waals surface area contributed by atoms with Gasteiger partial charge in [0.2, 0.25) is 11.7 Å². The zero-order chi connectivity index (χ0) is 15.3. The van der Waals surface area contributed by atoms with Gasteiger partial charge in [-0.15, -0.1) is 0 Å². The Balaban J connectivity index is 3.03. The molecule has 1 heterocycles. The molecule has 1 N–H and O–H groups in total. The summed E-state index contributed by atoms with van der Waals surface area (Å²) in [7, 11) is 0. The molecular formula is C13H20F3N3O. The Morgan fingerprint density at radius 2 is 1.90 bits per heavy atom. The van der Waals surface area contributed by atoms with Gasteiger partial charge in [0.15, 0.2) is 0 Å². The van der Waals surface area contributed by atoms with Gasteiger partial charge in [-0.25, -0.2) is 4.98 Å². The van der Waals surface area contributed by atoms with Crippen molar-refractivity contribution in [2.45, 2.75) is 46.4 Å². The molecule has 114 valence electrons. The molecule has 0 radical (unpaired) electrons. The standard InChI is InChI=1S/C13H20F3N3O/c1-5-6-17-10-7-11(20-9(4)8(2)3)19-12(18-10)13(14,15)16/h7-9H,5-6H2,1-4H3,(H,17,18,19). The minimum Gasteiger partial charge on any atom is -0.474 e. The van der Waals surface area contributed by atoms with Gasteiger partial charge in [-0.3, -0.25) is 0 Å². The lowest BCUT2D eigenvalue weighted by Gasteiger charge is -2.18. The van der Waals surface area contributed by atoms with Gasteiger partial charge in [0.05, 0.1) is 6.10 Å². The van der Waals surface area contributed by atoms with Gasteiger partial charge >= 0.3 is 6.18 Å². The Hall–Kier alpha value is -1.53. The normalized spacial score (nSPS) is 13.4. The molecule has 7 heteroatoms. The summed E-state index contributed by atoms with van der Waals surface area (Å²) in [6, 6.07) is 1.39. The first-order valence-corrected chi connectivity index (χ1v) is 6.60. The molecule has 1 aromatic rings. The van der Waals surface area contributed by atoms with Crippen molar-refractivity contribution in [3.05, 3.63) is 11.9 Å². The summed E-state index contributed by atoms with van der Waals surface area (Å²) >= 11 is 0. The molecule has 0 saturated heterocycles. The quantitative estimate of drug-likeness (QED) is 0.867. The topological polar surface area (TPSA) is 47.0 Å². The molecule has 0 aliphatic carbocycles. The van der Waals surface area contributed by atoms with Crippen molar-refractivity contribution in [2.75, 3.05) is 11.9 Å². The molecule has 0 saturated carbocycles. The van der Waals surface area contributed by atoms with E-state index in [1.807, 2.05) is 20.8 Å². The number of rotatable bonds is 6. The molecule has 1 unspecified atom stereocenters. The number of nitrogens with one attached hydrogen (secondary N) is 1. The SMILES string of the molecule is CCCNc1cc(OC(C)C(C)C)nc(C(F)(F)F)n1. The van der Waals surface area contributed by atoms with Crippen LogP contribution in [0.3, 0.4) is 0 Å². The predicted molar refractivity (Wildman–Crippen MR) is 70.7 cm³/mol. The molecule has 1 atom stereocenters. The summed E-state index contributed by atoms with van der Waals surface area (Å²) in [6.07, 6.45) is -4.04. The van der Waals surface area contributed by atoms with Gasteiger partial charge in [0.25, 0.3) is 0 Å². The van der Waals surface area contributed by atoms with E-state index in [0.717, 1.165) is 6.42 Å². The van der Waals surface area contributed by atoms with Crippen LogP contribution in [0.15, 0.2) is 6.07 Å². The van der Waals surface area contributed by atoms with E-state index >= 15 is 0 Å². The van der Waals surface area contributed by atoms with Crippen LogP contribution >= 0.6 is 0 Å². The van der Waals surface area contributed by atoms with Crippen molar-refractivity contribution in [3.63, 3.8) is 0 Å². The number of ether oxygens (including phenoxy) is 1. The molecule has 0 aromatic carbocycles. The van der Waals surface area contributed by atoms with Crippen LogP contribution in [0.1, 0.15) is 39.9 Å². The molecule has 0 aliphatic rings. The van der Waals surface area contributed by atoms with Gasteiger partial charge in [-0.1, -0.05) is 20.8 Å². The summed E-state index contributed by atoms with van der Waals surface area (Å²) in [5, 5.41) is 2.82. The summed E-state index contributed by atoms with van der Waals surface area (Å²) in [6.45, 7) is 8.09. The smallest absolute Gasteiger partial charge is 0.451 e. The Kier molecular flexibility index (Phi) is 5.59. The average Bonchev–Trinajstić information content (AvgIpc) is 2.34. The lowest BCUT2D eigenvalue weighted by molar-refractivity contribution is -0.145. The van der Waals surface area contributed by atoms with Crippen LogP contribution in [0.25, 0.3) is 0 Å². The Labute approximate surface area is 116 Å². The van der Waals surface area contributed by atoms with Crippen LogP contribution in [0, 0.1) is 5.92 Å². The molecule has 0 amide bonds. The highest BCUT2D eigenvalue weighted by molar-refractivity contribution is 5.38. The van der Waals surface area contributed by atoms with Crippen molar-refractivity contribution in [3.8, 4) is 5.88 Å². The first-order valence-electron chi connectivity index (χ1n) is 6.60. The molecular weight excluding hydrogens is 271 g/mol. The van der Waals surface area contributed by atoms with E-state index in [1.54, 1.807) is 6.92 Å². The van der Waals surface area contributed by atoms with Crippen molar-refractivity contribution in [1.29, 1.82) is 0 Å². The monoisotopic (exact) mass is 291 g/mol. The molecule has 4 nitrogen and oxygen atoms in total. The molecule has 1 rings (SSSR count). The second kappa shape index (κ2) is 6.76. The number of alkyl halides is 3. The van der Waals surface area contributed by atoms with Crippen molar-refractivity contribution < 1.29 is 17.9 Å². The maximum Gasteiger partial charge on any atom is 0.451 e. The van der Waals surface area contributed by atoms with Crippen LogP contribution in [-0.4, -0.2) is 22.6 Å². The van der Waals surface area contributed by atoms with E-state index in [-0.39, 0.29) is 23.7 Å². The Bertz CT molecular complexity index is 435. The van der Waals surface area contributed by atoms with Gasteiger partial charge in [-0.2, -0.15) is 18.2 Å². The van der Waals surface area contributed by atoms with Crippen molar-refractivity contribution in [2.24, 2.45) is 5.92 Å². The van der Waals surface area contributed by atoms with E-state index in [2.05, 4.69) is 15.3 Å². The third-order valence-corrected chi connectivity index (χ3v) is 2.76. The van der Waals surface area contributed by atoms with Gasteiger partial charge in [-0.05, 0) is 19.3 Å².